The molecule has 11 heteroatoms. The first-order valence-corrected chi connectivity index (χ1v) is 12.2. The number of hydrogen-bond donors (Lipinski definition) is 1. The average Bonchev–Trinajstić information content (AvgIpc) is 2.97. The summed E-state index contributed by atoms with van der Waals surface area (Å²) in [7, 11) is -0.785. The van der Waals surface area contributed by atoms with Crippen LogP contribution in [0.25, 0.3) is 0 Å². The van der Waals surface area contributed by atoms with Crippen molar-refractivity contribution in [1.82, 2.24) is 10.2 Å². The van der Waals surface area contributed by atoms with Gasteiger partial charge in [0, 0.05) is 25.2 Å². The third kappa shape index (κ3) is 6.73. The Morgan fingerprint density at radius 2 is 1.72 bits per heavy atom. The fourth-order valence-electron chi connectivity index (χ4n) is 4.16. The summed E-state index contributed by atoms with van der Waals surface area (Å²) in [6.45, 7) is 12.8. The molecule has 1 aromatic rings. The van der Waals surface area contributed by atoms with E-state index < -0.39 is 48.0 Å². The largest absolute Gasteiger partial charge is 0.494 e. The molecule has 1 aromatic carbocycles. The molecule has 3 rings (SSSR count). The Bertz CT molecular complexity index is 975. The van der Waals surface area contributed by atoms with E-state index >= 15 is 0 Å². The Hall–Kier alpha value is -2.27. The van der Waals surface area contributed by atoms with E-state index in [9.17, 15) is 22.8 Å². The summed E-state index contributed by atoms with van der Waals surface area (Å²) in [5.41, 5.74) is -0.602. The van der Waals surface area contributed by atoms with Gasteiger partial charge in [-0.2, -0.15) is 13.2 Å². The Balaban J connectivity index is 1.89. The molecular weight excluding hydrogens is 476 g/mol. The van der Waals surface area contributed by atoms with Crippen LogP contribution in [0.15, 0.2) is 18.2 Å². The molecule has 0 aromatic heterocycles. The van der Waals surface area contributed by atoms with E-state index in [0.29, 0.717) is 11.0 Å². The minimum absolute atomic E-state index is 0.00625. The lowest BCUT2D eigenvalue weighted by atomic mass is 9.77. The third-order valence-electron chi connectivity index (χ3n) is 6.79. The molecule has 0 spiro atoms. The van der Waals surface area contributed by atoms with E-state index in [-0.39, 0.29) is 38.0 Å². The van der Waals surface area contributed by atoms with Gasteiger partial charge in [-0.3, -0.25) is 4.79 Å². The summed E-state index contributed by atoms with van der Waals surface area (Å²) < 4.78 is 57.5. The first-order chi connectivity index (χ1) is 16.4. The van der Waals surface area contributed by atoms with E-state index in [1.807, 2.05) is 27.7 Å². The van der Waals surface area contributed by atoms with Crippen LogP contribution in [-0.4, -0.2) is 60.1 Å². The third-order valence-corrected chi connectivity index (χ3v) is 6.79. The predicted molar refractivity (Wildman–Crippen MR) is 130 cm³/mol. The van der Waals surface area contributed by atoms with Crippen molar-refractivity contribution in [2.45, 2.75) is 90.8 Å². The summed E-state index contributed by atoms with van der Waals surface area (Å²) in [6.07, 6.45) is -4.70. The van der Waals surface area contributed by atoms with Gasteiger partial charge >= 0.3 is 19.4 Å². The van der Waals surface area contributed by atoms with Crippen LogP contribution in [0.5, 0.6) is 0 Å². The first kappa shape index (κ1) is 28.3. The Kier molecular flexibility index (Phi) is 7.78. The van der Waals surface area contributed by atoms with Crippen LogP contribution in [0.4, 0.5) is 18.0 Å². The monoisotopic (exact) mass is 512 g/mol. The molecule has 0 aliphatic carbocycles. The number of carbonyl (C=O) groups excluding carboxylic acids is 2. The zero-order chi connectivity index (χ0) is 27.1. The molecule has 200 valence electrons. The summed E-state index contributed by atoms with van der Waals surface area (Å²) in [5.74, 6) is -2.05. The standard InChI is InChI=1S/C25H36BF3N2O5/c1-22(2,3)34-21(33)30-14-16-11-17(20(32)31-10-8-9-18(15-31)25(27,28)29)13-19(12-16)26-35-23(4,5)24(6,7)36-26/h11-13,18H,8-10,14-15H2,1-7H3,(H,30,33). The molecular formula is C25H36BF3N2O5. The first-order valence-electron chi connectivity index (χ1n) is 12.2. The minimum Gasteiger partial charge on any atom is -0.444 e. The Labute approximate surface area is 211 Å². The van der Waals surface area contributed by atoms with E-state index in [4.69, 9.17) is 14.0 Å². The van der Waals surface area contributed by atoms with Crippen molar-refractivity contribution >= 4 is 24.6 Å². The van der Waals surface area contributed by atoms with Crippen LogP contribution in [0.3, 0.4) is 0 Å². The van der Waals surface area contributed by atoms with Crippen LogP contribution in [0, 0.1) is 5.92 Å². The van der Waals surface area contributed by atoms with Gasteiger partial charge in [0.15, 0.2) is 0 Å². The molecule has 1 unspecified atom stereocenters. The molecule has 2 aliphatic heterocycles. The SMILES string of the molecule is CC(C)(C)OC(=O)NCc1cc(B2OC(C)(C)C(C)(C)O2)cc(C(=O)N2CCCC(C(F)(F)F)C2)c1. The molecule has 2 fully saturated rings. The fourth-order valence-corrected chi connectivity index (χ4v) is 4.16. The number of likely N-dealkylation sites (tertiary alicyclic amines) is 1. The smallest absolute Gasteiger partial charge is 0.444 e. The van der Waals surface area contributed by atoms with Crippen molar-refractivity contribution in [3.05, 3.63) is 29.3 Å². The van der Waals surface area contributed by atoms with Crippen molar-refractivity contribution in [3.63, 3.8) is 0 Å². The highest BCUT2D eigenvalue weighted by Gasteiger charge is 2.52. The second-order valence-corrected chi connectivity index (χ2v) is 11.5. The van der Waals surface area contributed by atoms with E-state index in [0.717, 1.165) is 0 Å². The van der Waals surface area contributed by atoms with Gasteiger partial charge < -0.3 is 24.3 Å². The fraction of sp³-hybridized carbons (Fsp3) is 0.680. The number of benzene rings is 1. The second-order valence-electron chi connectivity index (χ2n) is 11.5. The molecule has 7 nitrogen and oxygen atoms in total. The van der Waals surface area contributed by atoms with Crippen LogP contribution >= 0.6 is 0 Å². The number of nitrogens with one attached hydrogen (secondary N) is 1. The summed E-state index contributed by atoms with van der Waals surface area (Å²) in [4.78, 5) is 26.8. The molecule has 0 saturated carbocycles. The lowest BCUT2D eigenvalue weighted by Crippen LogP contribution is -2.45. The van der Waals surface area contributed by atoms with Gasteiger partial charge in [-0.25, -0.2) is 4.79 Å². The van der Waals surface area contributed by atoms with Crippen LogP contribution in [0.1, 0.15) is 77.2 Å². The molecule has 2 amide bonds. The quantitative estimate of drug-likeness (QED) is 0.605. The molecule has 36 heavy (non-hydrogen) atoms. The van der Waals surface area contributed by atoms with Crippen molar-refractivity contribution < 1.29 is 36.8 Å². The molecule has 2 saturated heterocycles. The number of amides is 2. The maximum Gasteiger partial charge on any atom is 0.494 e. The number of ether oxygens (including phenoxy) is 1. The number of nitrogens with zero attached hydrogens (tertiary/aromatic N) is 1. The van der Waals surface area contributed by atoms with Gasteiger partial charge in [-0.1, -0.05) is 6.07 Å². The van der Waals surface area contributed by atoms with Crippen molar-refractivity contribution in [2.75, 3.05) is 13.1 Å². The summed E-state index contributed by atoms with van der Waals surface area (Å²) in [6, 6.07) is 4.93. The number of alkyl carbamates (subject to hydrolysis) is 1. The van der Waals surface area contributed by atoms with Gasteiger partial charge in [0.05, 0.1) is 17.1 Å². The highest BCUT2D eigenvalue weighted by molar-refractivity contribution is 6.62. The number of rotatable bonds is 4. The molecule has 2 heterocycles. The van der Waals surface area contributed by atoms with Crippen LogP contribution in [-0.2, 0) is 20.6 Å². The van der Waals surface area contributed by atoms with Gasteiger partial charge in [-0.05, 0) is 84.5 Å². The minimum atomic E-state index is -4.36. The van der Waals surface area contributed by atoms with Gasteiger partial charge in [0.25, 0.3) is 5.91 Å². The molecule has 0 bridgehead atoms. The normalized spacial score (nSPS) is 21.9. The number of hydrogen-bond acceptors (Lipinski definition) is 5. The molecule has 2 aliphatic rings. The summed E-state index contributed by atoms with van der Waals surface area (Å²) >= 11 is 0. The van der Waals surface area contributed by atoms with Crippen LogP contribution in [0.2, 0.25) is 0 Å². The Morgan fingerprint density at radius 1 is 1.11 bits per heavy atom. The number of halogens is 3. The van der Waals surface area contributed by atoms with E-state index in [1.165, 1.54) is 4.90 Å². The number of carbonyl (C=O) groups is 2. The second kappa shape index (κ2) is 9.89. The predicted octanol–water partition coefficient (Wildman–Crippen LogP) is 4.43. The van der Waals surface area contributed by atoms with E-state index in [2.05, 4.69) is 5.32 Å². The van der Waals surface area contributed by atoms with Crippen LogP contribution < -0.4 is 10.8 Å². The molecule has 1 atom stereocenters. The van der Waals surface area contributed by atoms with Gasteiger partial charge in [0.2, 0.25) is 0 Å². The number of piperidine rings is 1. The van der Waals surface area contributed by atoms with Crippen molar-refractivity contribution in [1.29, 1.82) is 0 Å². The maximum atomic E-state index is 13.3. The maximum absolute atomic E-state index is 13.3. The average molecular weight is 512 g/mol. The highest BCUT2D eigenvalue weighted by atomic mass is 19.4. The highest BCUT2D eigenvalue weighted by Crippen LogP contribution is 2.37. The molecule has 1 N–H and O–H groups in total. The van der Waals surface area contributed by atoms with Crippen molar-refractivity contribution in [3.8, 4) is 0 Å². The zero-order valence-electron chi connectivity index (χ0n) is 22.0. The van der Waals surface area contributed by atoms with Gasteiger partial charge in [0.1, 0.15) is 5.60 Å². The topological polar surface area (TPSA) is 77.1 Å². The summed E-state index contributed by atoms with van der Waals surface area (Å²) in [5, 5.41) is 2.66. The van der Waals surface area contributed by atoms with Gasteiger partial charge in [-0.15, -0.1) is 0 Å². The zero-order valence-corrected chi connectivity index (χ0v) is 22.0. The lowest BCUT2D eigenvalue weighted by Gasteiger charge is -2.34. The molecule has 0 radical (unpaired) electrons. The van der Waals surface area contributed by atoms with E-state index in [1.54, 1.807) is 39.0 Å². The Morgan fingerprint density at radius 3 is 2.28 bits per heavy atom. The van der Waals surface area contributed by atoms with Crippen molar-refractivity contribution in [2.24, 2.45) is 5.92 Å². The lowest BCUT2D eigenvalue weighted by molar-refractivity contribution is -0.184. The number of alkyl halides is 3.